The van der Waals surface area contributed by atoms with Gasteiger partial charge in [-0.1, -0.05) is 38.3 Å². The maximum atomic E-state index is 13.1. The van der Waals surface area contributed by atoms with E-state index in [4.69, 9.17) is 4.74 Å². The molecule has 2 amide bonds. The summed E-state index contributed by atoms with van der Waals surface area (Å²) in [5, 5.41) is 5.28. The highest BCUT2D eigenvalue weighted by atomic mass is 19.1. The van der Waals surface area contributed by atoms with Crippen LogP contribution in [-0.4, -0.2) is 18.6 Å². The minimum Gasteiger partial charge on any atom is -0.462 e. The number of allylic oxidation sites excluding steroid dienone is 1. The number of rotatable bonds is 7. The van der Waals surface area contributed by atoms with Crippen molar-refractivity contribution in [3.8, 4) is 0 Å². The molecule has 0 spiro atoms. The predicted molar refractivity (Wildman–Crippen MR) is 88.6 cm³/mol. The van der Waals surface area contributed by atoms with E-state index in [1.807, 2.05) is 0 Å². The zero-order valence-electron chi connectivity index (χ0n) is 14.0. The maximum Gasteiger partial charge on any atom is 0.338 e. The number of carbonyl (C=O) groups is 2. The van der Waals surface area contributed by atoms with Gasteiger partial charge in [0.2, 0.25) is 0 Å². The molecule has 2 N–H and O–H groups in total. The van der Waals surface area contributed by atoms with E-state index < -0.39 is 18.0 Å². The second-order valence-corrected chi connectivity index (χ2v) is 5.82. The number of hydrogen-bond donors (Lipinski definition) is 2. The highest BCUT2D eigenvalue weighted by Gasteiger charge is 2.32. The Bertz CT molecular complexity index is 626. The van der Waals surface area contributed by atoms with Gasteiger partial charge in [-0.05, 0) is 31.0 Å². The highest BCUT2D eigenvalue weighted by molar-refractivity contribution is 5.95. The van der Waals surface area contributed by atoms with Crippen LogP contribution in [-0.2, 0) is 9.53 Å². The zero-order valence-corrected chi connectivity index (χ0v) is 14.0. The minimum atomic E-state index is -0.650. The topological polar surface area (TPSA) is 67.4 Å². The monoisotopic (exact) mass is 334 g/mol. The number of halogens is 1. The molecule has 0 saturated heterocycles. The fraction of sp³-hybridized carbons (Fsp3) is 0.444. The number of ether oxygens (including phenoxy) is 1. The molecule has 0 aliphatic carbocycles. The zero-order chi connectivity index (χ0) is 17.5. The summed E-state index contributed by atoms with van der Waals surface area (Å²) in [6, 6.07) is 4.64. The Balaban J connectivity index is 2.13. The molecule has 2 rings (SSSR count). The molecule has 5 nitrogen and oxygen atoms in total. The number of esters is 1. The van der Waals surface area contributed by atoms with Crippen molar-refractivity contribution in [2.45, 2.75) is 45.6 Å². The summed E-state index contributed by atoms with van der Waals surface area (Å²) in [5.74, 6) is -0.842. The van der Waals surface area contributed by atoms with Crippen LogP contribution in [0.3, 0.4) is 0 Å². The molecule has 0 radical (unpaired) electrons. The van der Waals surface area contributed by atoms with E-state index in [1.54, 1.807) is 19.1 Å². The van der Waals surface area contributed by atoms with Crippen molar-refractivity contribution in [3.63, 3.8) is 0 Å². The summed E-state index contributed by atoms with van der Waals surface area (Å²) in [5.41, 5.74) is 1.42. The molecular weight excluding hydrogens is 311 g/mol. The molecule has 0 bridgehead atoms. The van der Waals surface area contributed by atoms with E-state index in [0.29, 0.717) is 23.4 Å². The summed E-state index contributed by atoms with van der Waals surface area (Å²) in [7, 11) is 0. The van der Waals surface area contributed by atoms with Crippen LogP contribution in [0.15, 0.2) is 35.5 Å². The molecule has 0 saturated carbocycles. The van der Waals surface area contributed by atoms with Gasteiger partial charge in [0.25, 0.3) is 0 Å². The predicted octanol–water partition coefficient (Wildman–Crippen LogP) is 3.58. The third-order valence-electron chi connectivity index (χ3n) is 3.92. The SMILES string of the molecule is CCCCCCOC(=O)C1=C(C)NC(=O)N[C@H]1c1ccc(F)cc1. The van der Waals surface area contributed by atoms with E-state index in [0.717, 1.165) is 25.7 Å². The lowest BCUT2D eigenvalue weighted by atomic mass is 9.95. The van der Waals surface area contributed by atoms with Gasteiger partial charge >= 0.3 is 12.0 Å². The van der Waals surface area contributed by atoms with E-state index in [9.17, 15) is 14.0 Å². The molecule has 1 aliphatic heterocycles. The summed E-state index contributed by atoms with van der Waals surface area (Å²) in [6.07, 6.45) is 4.04. The molecule has 1 aromatic rings. The van der Waals surface area contributed by atoms with Gasteiger partial charge in [0.1, 0.15) is 5.82 Å². The lowest BCUT2D eigenvalue weighted by molar-refractivity contribution is -0.139. The lowest BCUT2D eigenvalue weighted by Gasteiger charge is -2.28. The molecule has 1 heterocycles. The second-order valence-electron chi connectivity index (χ2n) is 5.82. The quantitative estimate of drug-likeness (QED) is 0.592. The van der Waals surface area contributed by atoms with Crippen molar-refractivity contribution in [1.82, 2.24) is 10.6 Å². The smallest absolute Gasteiger partial charge is 0.338 e. The molecule has 1 atom stereocenters. The molecule has 6 heteroatoms. The highest BCUT2D eigenvalue weighted by Crippen LogP contribution is 2.27. The van der Waals surface area contributed by atoms with E-state index in [2.05, 4.69) is 17.6 Å². The average Bonchev–Trinajstić information content (AvgIpc) is 2.54. The van der Waals surface area contributed by atoms with Gasteiger partial charge in [0.15, 0.2) is 0 Å². The van der Waals surface area contributed by atoms with Crippen LogP contribution in [0, 0.1) is 5.82 Å². The van der Waals surface area contributed by atoms with Gasteiger partial charge in [-0.2, -0.15) is 0 Å². The molecule has 0 unspecified atom stereocenters. The molecule has 24 heavy (non-hydrogen) atoms. The third kappa shape index (κ3) is 4.57. The Morgan fingerprint density at radius 1 is 1.21 bits per heavy atom. The molecular formula is C18H23FN2O3. The minimum absolute atomic E-state index is 0.344. The van der Waals surface area contributed by atoms with Crippen LogP contribution in [0.2, 0.25) is 0 Å². The van der Waals surface area contributed by atoms with Gasteiger partial charge < -0.3 is 15.4 Å². The fourth-order valence-corrected chi connectivity index (χ4v) is 2.64. The van der Waals surface area contributed by atoms with Crippen LogP contribution in [0.5, 0.6) is 0 Å². The van der Waals surface area contributed by atoms with Gasteiger partial charge in [-0.25, -0.2) is 14.0 Å². The van der Waals surface area contributed by atoms with Crippen molar-refractivity contribution in [1.29, 1.82) is 0 Å². The molecule has 1 aromatic carbocycles. The number of urea groups is 1. The maximum absolute atomic E-state index is 13.1. The van der Waals surface area contributed by atoms with Gasteiger partial charge in [0, 0.05) is 5.70 Å². The molecule has 1 aliphatic rings. The van der Waals surface area contributed by atoms with Crippen molar-refractivity contribution in [2.24, 2.45) is 0 Å². The first-order valence-electron chi connectivity index (χ1n) is 8.23. The summed E-state index contributed by atoms with van der Waals surface area (Å²) < 4.78 is 18.5. The largest absolute Gasteiger partial charge is 0.462 e. The van der Waals surface area contributed by atoms with E-state index in [-0.39, 0.29) is 5.82 Å². The van der Waals surface area contributed by atoms with Crippen molar-refractivity contribution < 1.29 is 18.7 Å². The first kappa shape index (κ1) is 18.0. The van der Waals surface area contributed by atoms with Crippen molar-refractivity contribution in [2.75, 3.05) is 6.61 Å². The van der Waals surface area contributed by atoms with Crippen LogP contribution in [0.4, 0.5) is 9.18 Å². The van der Waals surface area contributed by atoms with Crippen molar-refractivity contribution in [3.05, 3.63) is 46.9 Å². The number of carbonyl (C=O) groups excluding carboxylic acids is 2. The number of amides is 2. The Kier molecular flexibility index (Phi) is 6.35. The Morgan fingerprint density at radius 2 is 1.92 bits per heavy atom. The van der Waals surface area contributed by atoms with E-state index >= 15 is 0 Å². The van der Waals surface area contributed by atoms with Crippen LogP contribution < -0.4 is 10.6 Å². The number of nitrogens with one attached hydrogen (secondary N) is 2. The summed E-state index contributed by atoms with van der Waals surface area (Å²) in [6.45, 7) is 4.12. The van der Waals surface area contributed by atoms with E-state index in [1.165, 1.54) is 12.1 Å². The second kappa shape index (κ2) is 8.47. The normalized spacial score (nSPS) is 17.3. The summed E-state index contributed by atoms with van der Waals surface area (Å²) >= 11 is 0. The van der Waals surface area contributed by atoms with Crippen LogP contribution in [0.1, 0.15) is 51.1 Å². The Morgan fingerprint density at radius 3 is 2.58 bits per heavy atom. The van der Waals surface area contributed by atoms with Crippen LogP contribution >= 0.6 is 0 Å². The molecule has 130 valence electrons. The number of unbranched alkanes of at least 4 members (excludes halogenated alkanes) is 3. The lowest BCUT2D eigenvalue weighted by Crippen LogP contribution is -2.45. The van der Waals surface area contributed by atoms with Gasteiger partial charge in [-0.3, -0.25) is 0 Å². The first-order chi connectivity index (χ1) is 11.5. The number of benzene rings is 1. The Hall–Kier alpha value is -2.37. The van der Waals surface area contributed by atoms with Gasteiger partial charge in [-0.15, -0.1) is 0 Å². The third-order valence-corrected chi connectivity index (χ3v) is 3.92. The van der Waals surface area contributed by atoms with Crippen LogP contribution in [0.25, 0.3) is 0 Å². The average molecular weight is 334 g/mol. The molecule has 0 aromatic heterocycles. The Labute approximate surface area is 141 Å². The fourth-order valence-electron chi connectivity index (χ4n) is 2.64. The van der Waals surface area contributed by atoms with Crippen molar-refractivity contribution >= 4 is 12.0 Å². The number of hydrogen-bond acceptors (Lipinski definition) is 3. The standard InChI is InChI=1S/C18H23FN2O3/c1-3-4-5-6-11-24-17(22)15-12(2)20-18(23)21-16(15)13-7-9-14(19)10-8-13/h7-10,16H,3-6,11H2,1-2H3,(H2,20,21,23)/t16-/m0/s1. The first-order valence-corrected chi connectivity index (χ1v) is 8.23. The molecule has 0 fully saturated rings. The van der Waals surface area contributed by atoms with Gasteiger partial charge in [0.05, 0.1) is 18.2 Å². The summed E-state index contributed by atoms with van der Waals surface area (Å²) in [4.78, 5) is 24.2.